The molecule has 5 nitrogen and oxygen atoms in total. The molecule has 1 aliphatic heterocycles. The lowest BCUT2D eigenvalue weighted by Gasteiger charge is -2.31. The first-order chi connectivity index (χ1) is 9.31. The Kier molecular flexibility index (Phi) is 3.77. The smallest absolute Gasteiger partial charge is 0.156 e. The predicted molar refractivity (Wildman–Crippen MR) is 78.2 cm³/mol. The second-order valence-corrected chi connectivity index (χ2v) is 6.47. The number of thioether (sulfide) groups is 1. The van der Waals surface area contributed by atoms with Crippen LogP contribution in [0.3, 0.4) is 0 Å². The molecule has 1 aliphatic carbocycles. The molecule has 0 unspecified atom stereocenters. The second-order valence-electron chi connectivity index (χ2n) is 5.50. The van der Waals surface area contributed by atoms with Gasteiger partial charge in [0.25, 0.3) is 0 Å². The van der Waals surface area contributed by atoms with Gasteiger partial charge < -0.3 is 9.88 Å². The fraction of sp³-hybridized carbons (Fsp3) is 0.769. The third-order valence-electron chi connectivity index (χ3n) is 4.17. The van der Waals surface area contributed by atoms with Crippen LogP contribution in [-0.2, 0) is 13.1 Å². The van der Waals surface area contributed by atoms with Crippen molar-refractivity contribution in [2.45, 2.75) is 45.7 Å². The Hall–Kier alpha value is -1.04. The minimum atomic E-state index is 0.513. The molecule has 0 bridgehead atoms. The molecule has 3 rings (SSSR count). The van der Waals surface area contributed by atoms with E-state index in [4.69, 9.17) is 4.99 Å². The van der Waals surface area contributed by atoms with Gasteiger partial charge in [-0.3, -0.25) is 4.99 Å². The Labute approximate surface area is 118 Å². The van der Waals surface area contributed by atoms with Crippen LogP contribution >= 0.6 is 11.8 Å². The SMILES string of the molecule is CCn1cnnc1CNC1=NCC2(CCCC2)CS1. The van der Waals surface area contributed by atoms with Crippen LogP contribution in [0.5, 0.6) is 0 Å². The van der Waals surface area contributed by atoms with Gasteiger partial charge in [-0.2, -0.15) is 0 Å². The van der Waals surface area contributed by atoms with Gasteiger partial charge in [0.15, 0.2) is 11.0 Å². The summed E-state index contributed by atoms with van der Waals surface area (Å²) in [6.45, 7) is 4.73. The van der Waals surface area contributed by atoms with Crippen LogP contribution in [0.2, 0.25) is 0 Å². The molecule has 104 valence electrons. The molecule has 1 saturated carbocycles. The molecular weight excluding hydrogens is 258 g/mol. The molecule has 6 heteroatoms. The molecule has 2 aliphatic rings. The summed E-state index contributed by atoms with van der Waals surface area (Å²) in [5.74, 6) is 2.20. The molecule has 0 atom stereocenters. The van der Waals surface area contributed by atoms with Gasteiger partial charge in [-0.05, 0) is 25.2 Å². The van der Waals surface area contributed by atoms with Crippen molar-refractivity contribution in [2.75, 3.05) is 12.3 Å². The minimum absolute atomic E-state index is 0.513. The number of hydrogen-bond acceptors (Lipinski definition) is 5. The number of nitrogens with one attached hydrogen (secondary N) is 1. The van der Waals surface area contributed by atoms with Crippen molar-refractivity contribution in [2.24, 2.45) is 10.4 Å². The summed E-state index contributed by atoms with van der Waals surface area (Å²) in [4.78, 5) is 4.73. The van der Waals surface area contributed by atoms with E-state index in [1.807, 2.05) is 11.8 Å². The van der Waals surface area contributed by atoms with Crippen molar-refractivity contribution in [3.05, 3.63) is 12.2 Å². The van der Waals surface area contributed by atoms with Crippen molar-refractivity contribution in [1.29, 1.82) is 0 Å². The molecule has 0 amide bonds. The lowest BCUT2D eigenvalue weighted by atomic mass is 9.89. The highest BCUT2D eigenvalue weighted by molar-refractivity contribution is 8.13. The zero-order chi connectivity index (χ0) is 13.1. The van der Waals surface area contributed by atoms with E-state index in [9.17, 15) is 0 Å². The minimum Gasteiger partial charge on any atom is -0.358 e. The summed E-state index contributed by atoms with van der Waals surface area (Å²) >= 11 is 1.88. The van der Waals surface area contributed by atoms with E-state index >= 15 is 0 Å². The zero-order valence-electron chi connectivity index (χ0n) is 11.4. The lowest BCUT2D eigenvalue weighted by Crippen LogP contribution is -2.33. The number of rotatable bonds is 3. The summed E-state index contributed by atoms with van der Waals surface area (Å²) in [5, 5.41) is 12.5. The lowest BCUT2D eigenvalue weighted by molar-refractivity contribution is 0.358. The van der Waals surface area contributed by atoms with Crippen molar-refractivity contribution >= 4 is 16.9 Å². The number of aryl methyl sites for hydroxylation is 1. The van der Waals surface area contributed by atoms with Crippen molar-refractivity contribution in [3.8, 4) is 0 Å². The fourth-order valence-electron chi connectivity index (χ4n) is 2.92. The molecule has 19 heavy (non-hydrogen) atoms. The standard InChI is InChI=1S/C13H21N5S/c1-2-18-10-16-17-11(18)7-14-12-15-8-13(9-19-12)5-3-4-6-13/h10H,2-9H2,1H3,(H,14,15). The van der Waals surface area contributed by atoms with Crippen LogP contribution in [0.15, 0.2) is 11.3 Å². The maximum absolute atomic E-state index is 4.73. The van der Waals surface area contributed by atoms with Crippen LogP contribution < -0.4 is 5.32 Å². The van der Waals surface area contributed by atoms with E-state index in [1.54, 1.807) is 6.33 Å². The van der Waals surface area contributed by atoms with Crippen molar-refractivity contribution < 1.29 is 0 Å². The molecule has 2 heterocycles. The van der Waals surface area contributed by atoms with Crippen molar-refractivity contribution in [3.63, 3.8) is 0 Å². The van der Waals surface area contributed by atoms with E-state index in [1.165, 1.54) is 31.4 Å². The average Bonchev–Trinajstić information content (AvgIpc) is 3.07. The summed E-state index contributed by atoms with van der Waals surface area (Å²) in [5.41, 5.74) is 0.513. The van der Waals surface area contributed by atoms with Crippen LogP contribution in [0.4, 0.5) is 0 Å². The maximum Gasteiger partial charge on any atom is 0.156 e. The van der Waals surface area contributed by atoms with Gasteiger partial charge in [0.1, 0.15) is 6.33 Å². The van der Waals surface area contributed by atoms with Crippen molar-refractivity contribution in [1.82, 2.24) is 20.1 Å². The van der Waals surface area contributed by atoms with E-state index in [0.717, 1.165) is 24.1 Å². The molecule has 1 aromatic heterocycles. The Morgan fingerprint density at radius 3 is 2.95 bits per heavy atom. The van der Waals surface area contributed by atoms with Crippen LogP contribution in [0, 0.1) is 5.41 Å². The largest absolute Gasteiger partial charge is 0.358 e. The number of amidine groups is 1. The van der Waals surface area contributed by atoms with E-state index in [0.29, 0.717) is 12.0 Å². The first kappa shape index (κ1) is 13.0. The molecule has 1 N–H and O–H groups in total. The Morgan fingerprint density at radius 2 is 2.26 bits per heavy atom. The summed E-state index contributed by atoms with van der Waals surface area (Å²) in [6, 6.07) is 0. The Morgan fingerprint density at radius 1 is 1.42 bits per heavy atom. The molecule has 1 fully saturated rings. The quantitative estimate of drug-likeness (QED) is 0.920. The molecule has 1 aromatic rings. The Balaban J connectivity index is 1.55. The number of aliphatic imine (C=N–C) groups is 1. The first-order valence-electron chi connectivity index (χ1n) is 7.09. The fourth-order valence-corrected chi connectivity index (χ4v) is 4.07. The van der Waals surface area contributed by atoms with Gasteiger partial charge in [0, 0.05) is 18.8 Å². The highest BCUT2D eigenvalue weighted by Gasteiger charge is 2.36. The molecule has 0 radical (unpaired) electrons. The molecule has 0 saturated heterocycles. The Bertz CT molecular complexity index is 461. The normalized spacial score (nSPS) is 21.6. The monoisotopic (exact) mass is 279 g/mol. The summed E-state index contributed by atoms with van der Waals surface area (Å²) in [6.07, 6.45) is 7.28. The number of nitrogens with zero attached hydrogens (tertiary/aromatic N) is 4. The van der Waals surface area contributed by atoms with Crippen LogP contribution in [-0.4, -0.2) is 32.2 Å². The third-order valence-corrected chi connectivity index (χ3v) is 5.48. The number of aromatic nitrogens is 3. The van der Waals surface area contributed by atoms with E-state index in [-0.39, 0.29) is 0 Å². The summed E-state index contributed by atoms with van der Waals surface area (Å²) < 4.78 is 2.06. The van der Waals surface area contributed by atoms with Gasteiger partial charge in [0.2, 0.25) is 0 Å². The highest BCUT2D eigenvalue weighted by atomic mass is 32.2. The second kappa shape index (κ2) is 5.53. The molecule has 0 aromatic carbocycles. The van der Waals surface area contributed by atoms with Crippen LogP contribution in [0.1, 0.15) is 38.4 Å². The zero-order valence-corrected chi connectivity index (χ0v) is 12.2. The molecular formula is C13H21N5S. The van der Waals surface area contributed by atoms with E-state index < -0.39 is 0 Å². The highest BCUT2D eigenvalue weighted by Crippen LogP contribution is 2.43. The maximum atomic E-state index is 4.73. The number of hydrogen-bond donors (Lipinski definition) is 1. The van der Waals surface area contributed by atoms with E-state index in [2.05, 4.69) is 27.0 Å². The first-order valence-corrected chi connectivity index (χ1v) is 8.08. The predicted octanol–water partition coefficient (Wildman–Crippen LogP) is 2.05. The third kappa shape index (κ3) is 2.78. The topological polar surface area (TPSA) is 55.1 Å². The molecule has 1 spiro atoms. The van der Waals surface area contributed by atoms with Gasteiger partial charge in [-0.1, -0.05) is 24.6 Å². The van der Waals surface area contributed by atoms with Gasteiger partial charge >= 0.3 is 0 Å². The van der Waals surface area contributed by atoms with Gasteiger partial charge in [0.05, 0.1) is 6.54 Å². The average molecular weight is 279 g/mol. The summed E-state index contributed by atoms with van der Waals surface area (Å²) in [7, 11) is 0. The van der Waals surface area contributed by atoms with Crippen LogP contribution in [0.25, 0.3) is 0 Å². The van der Waals surface area contributed by atoms with Gasteiger partial charge in [-0.25, -0.2) is 0 Å². The van der Waals surface area contributed by atoms with Gasteiger partial charge in [-0.15, -0.1) is 10.2 Å².